The van der Waals surface area contributed by atoms with Gasteiger partial charge in [0.25, 0.3) is 11.2 Å². The third-order valence-corrected chi connectivity index (χ3v) is 3.26. The lowest BCUT2D eigenvalue weighted by Crippen LogP contribution is -2.17. The van der Waals surface area contributed by atoms with Gasteiger partial charge in [-0.15, -0.1) is 0 Å². The topological polar surface area (TPSA) is 88.9 Å². The van der Waals surface area contributed by atoms with Crippen LogP contribution in [0.2, 0.25) is 0 Å². The van der Waals surface area contributed by atoms with Gasteiger partial charge in [0.2, 0.25) is 0 Å². The van der Waals surface area contributed by atoms with Crippen LogP contribution in [-0.4, -0.2) is 14.9 Å². The molecule has 0 aliphatic rings. The number of non-ortho nitro benzene ring substituents is 1. The van der Waals surface area contributed by atoms with Crippen LogP contribution < -0.4 is 5.56 Å². The zero-order valence-electron chi connectivity index (χ0n) is 11.6. The number of H-pyrrole nitrogens is 1. The van der Waals surface area contributed by atoms with E-state index in [1.54, 1.807) is 13.0 Å². The third kappa shape index (κ3) is 2.45. The number of rotatable bonds is 3. The number of nitro groups is 1. The molecule has 0 fully saturated rings. The summed E-state index contributed by atoms with van der Waals surface area (Å²) in [5.74, 6) is 0.367. The van der Waals surface area contributed by atoms with Crippen LogP contribution in [0.5, 0.6) is 0 Å². The standard InChI is InChI=1S/C14H15N3O3/c1-4-11-9(3)15-13(16-14(11)18)12-7-10(17(19)20)6-5-8(12)2/h5-7H,4H2,1-3H3,(H,15,16,18). The second-order valence-corrected chi connectivity index (χ2v) is 4.59. The molecule has 1 aromatic heterocycles. The normalized spacial score (nSPS) is 10.6. The molecule has 1 N–H and O–H groups in total. The SMILES string of the molecule is CCc1c(C)nc(-c2cc([N+](=O)[O-])ccc2C)[nH]c1=O. The van der Waals surface area contributed by atoms with Gasteiger partial charge in [-0.05, 0) is 25.8 Å². The summed E-state index contributed by atoms with van der Waals surface area (Å²) in [6.45, 7) is 5.48. The Kier molecular flexibility index (Phi) is 3.65. The van der Waals surface area contributed by atoms with E-state index in [-0.39, 0.29) is 11.2 Å². The summed E-state index contributed by atoms with van der Waals surface area (Å²) in [5, 5.41) is 10.8. The molecular weight excluding hydrogens is 258 g/mol. The molecule has 0 saturated carbocycles. The van der Waals surface area contributed by atoms with E-state index in [9.17, 15) is 14.9 Å². The highest BCUT2D eigenvalue weighted by Gasteiger charge is 2.14. The second kappa shape index (κ2) is 5.24. The van der Waals surface area contributed by atoms with Gasteiger partial charge in [0.15, 0.2) is 0 Å². The summed E-state index contributed by atoms with van der Waals surface area (Å²) in [6, 6.07) is 4.51. The van der Waals surface area contributed by atoms with Gasteiger partial charge in [-0.3, -0.25) is 14.9 Å². The predicted octanol–water partition coefficient (Wildman–Crippen LogP) is 2.52. The maximum Gasteiger partial charge on any atom is 0.270 e. The molecule has 6 nitrogen and oxygen atoms in total. The van der Waals surface area contributed by atoms with E-state index in [4.69, 9.17) is 0 Å². The van der Waals surface area contributed by atoms with Crippen molar-refractivity contribution in [3.63, 3.8) is 0 Å². The van der Waals surface area contributed by atoms with Gasteiger partial charge in [0.1, 0.15) is 5.82 Å². The molecule has 104 valence electrons. The molecule has 0 aliphatic heterocycles. The van der Waals surface area contributed by atoms with Crippen molar-refractivity contribution in [2.75, 3.05) is 0 Å². The molecule has 2 rings (SSSR count). The molecule has 0 bridgehead atoms. The zero-order valence-corrected chi connectivity index (χ0v) is 11.6. The van der Waals surface area contributed by atoms with Crippen molar-refractivity contribution < 1.29 is 4.92 Å². The summed E-state index contributed by atoms with van der Waals surface area (Å²) in [7, 11) is 0. The van der Waals surface area contributed by atoms with Crippen LogP contribution in [0.1, 0.15) is 23.7 Å². The van der Waals surface area contributed by atoms with Crippen LogP contribution in [-0.2, 0) is 6.42 Å². The average Bonchev–Trinajstić information content (AvgIpc) is 2.38. The van der Waals surface area contributed by atoms with Gasteiger partial charge in [-0.25, -0.2) is 4.98 Å². The minimum Gasteiger partial charge on any atom is -0.306 e. The molecule has 1 heterocycles. The minimum atomic E-state index is -0.464. The number of hydrogen-bond acceptors (Lipinski definition) is 4. The summed E-state index contributed by atoms with van der Waals surface area (Å²) < 4.78 is 0. The largest absolute Gasteiger partial charge is 0.306 e. The number of hydrogen-bond donors (Lipinski definition) is 1. The molecule has 0 aliphatic carbocycles. The minimum absolute atomic E-state index is 0.0227. The van der Waals surface area contributed by atoms with Gasteiger partial charge in [-0.2, -0.15) is 0 Å². The first-order chi connectivity index (χ1) is 9.43. The predicted molar refractivity (Wildman–Crippen MR) is 75.8 cm³/mol. The molecule has 0 spiro atoms. The molecule has 20 heavy (non-hydrogen) atoms. The molecule has 0 unspecified atom stereocenters. The van der Waals surface area contributed by atoms with Crippen molar-refractivity contribution >= 4 is 5.69 Å². The lowest BCUT2D eigenvalue weighted by Gasteiger charge is -2.08. The highest BCUT2D eigenvalue weighted by Crippen LogP contribution is 2.24. The van der Waals surface area contributed by atoms with Crippen molar-refractivity contribution in [2.24, 2.45) is 0 Å². The Morgan fingerprint density at radius 2 is 2.05 bits per heavy atom. The smallest absolute Gasteiger partial charge is 0.270 e. The van der Waals surface area contributed by atoms with E-state index in [1.807, 2.05) is 13.8 Å². The van der Waals surface area contributed by atoms with Crippen LogP contribution in [0, 0.1) is 24.0 Å². The summed E-state index contributed by atoms with van der Waals surface area (Å²) >= 11 is 0. The first kappa shape index (κ1) is 13.9. The number of benzene rings is 1. The van der Waals surface area contributed by atoms with Crippen LogP contribution in [0.3, 0.4) is 0 Å². The zero-order chi connectivity index (χ0) is 14.9. The average molecular weight is 273 g/mol. The van der Waals surface area contributed by atoms with Crippen molar-refractivity contribution in [1.82, 2.24) is 9.97 Å². The van der Waals surface area contributed by atoms with E-state index in [0.717, 1.165) is 5.56 Å². The number of nitrogens with one attached hydrogen (secondary N) is 1. The monoisotopic (exact) mass is 273 g/mol. The van der Waals surface area contributed by atoms with Crippen LogP contribution in [0.4, 0.5) is 5.69 Å². The summed E-state index contributed by atoms with van der Waals surface area (Å²) in [4.78, 5) is 29.4. The molecular formula is C14H15N3O3. The van der Waals surface area contributed by atoms with Crippen LogP contribution in [0.25, 0.3) is 11.4 Å². The Hall–Kier alpha value is -2.50. The third-order valence-electron chi connectivity index (χ3n) is 3.26. The quantitative estimate of drug-likeness (QED) is 0.687. The molecule has 6 heteroatoms. The fourth-order valence-electron chi connectivity index (χ4n) is 2.13. The van der Waals surface area contributed by atoms with E-state index in [2.05, 4.69) is 9.97 Å². The van der Waals surface area contributed by atoms with Crippen LogP contribution in [0.15, 0.2) is 23.0 Å². The van der Waals surface area contributed by atoms with Crippen molar-refractivity contribution in [3.8, 4) is 11.4 Å². The summed E-state index contributed by atoms with van der Waals surface area (Å²) in [5.41, 5.74) is 2.46. The number of nitrogens with zero attached hydrogens (tertiary/aromatic N) is 2. The number of aromatic amines is 1. The van der Waals surface area contributed by atoms with Gasteiger partial charge in [0.05, 0.1) is 4.92 Å². The Morgan fingerprint density at radius 1 is 1.35 bits per heavy atom. The Morgan fingerprint density at radius 3 is 2.60 bits per heavy atom. The van der Waals surface area contributed by atoms with Crippen molar-refractivity contribution in [2.45, 2.75) is 27.2 Å². The molecule has 2 aromatic rings. The molecule has 0 atom stereocenters. The number of nitro benzene ring substituents is 1. The van der Waals surface area contributed by atoms with Gasteiger partial charge in [0, 0.05) is 29.0 Å². The maximum atomic E-state index is 12.0. The lowest BCUT2D eigenvalue weighted by molar-refractivity contribution is -0.384. The Labute approximate surface area is 115 Å². The Bertz CT molecular complexity index is 735. The highest BCUT2D eigenvalue weighted by atomic mass is 16.6. The summed E-state index contributed by atoms with van der Waals surface area (Å²) in [6.07, 6.45) is 0.600. The van der Waals surface area contributed by atoms with Gasteiger partial charge < -0.3 is 4.98 Å². The van der Waals surface area contributed by atoms with E-state index < -0.39 is 4.92 Å². The Balaban J connectivity index is 2.65. The molecule has 0 amide bonds. The second-order valence-electron chi connectivity index (χ2n) is 4.59. The van der Waals surface area contributed by atoms with Crippen molar-refractivity contribution in [3.05, 3.63) is 55.5 Å². The fraction of sp³-hybridized carbons (Fsp3) is 0.286. The maximum absolute atomic E-state index is 12.0. The fourth-order valence-corrected chi connectivity index (χ4v) is 2.13. The number of aryl methyl sites for hydroxylation is 2. The molecule has 0 radical (unpaired) electrons. The van der Waals surface area contributed by atoms with Gasteiger partial charge in [-0.1, -0.05) is 13.0 Å². The highest BCUT2D eigenvalue weighted by molar-refractivity contribution is 5.63. The first-order valence-electron chi connectivity index (χ1n) is 6.29. The van der Waals surface area contributed by atoms with Crippen molar-refractivity contribution in [1.29, 1.82) is 0 Å². The van der Waals surface area contributed by atoms with Crippen LogP contribution >= 0.6 is 0 Å². The molecule has 0 saturated heterocycles. The lowest BCUT2D eigenvalue weighted by atomic mass is 10.1. The first-order valence-corrected chi connectivity index (χ1v) is 6.29. The van der Waals surface area contributed by atoms with E-state index in [0.29, 0.717) is 29.1 Å². The van der Waals surface area contributed by atoms with E-state index in [1.165, 1.54) is 12.1 Å². The van der Waals surface area contributed by atoms with E-state index >= 15 is 0 Å². The number of aromatic nitrogens is 2. The van der Waals surface area contributed by atoms with Gasteiger partial charge >= 0.3 is 0 Å². The molecule has 1 aromatic carbocycles.